The van der Waals surface area contributed by atoms with Gasteiger partial charge in [0, 0.05) is 51.0 Å². The lowest BCUT2D eigenvalue weighted by molar-refractivity contribution is -0.119. The van der Waals surface area contributed by atoms with E-state index in [9.17, 15) is 9.59 Å². The zero-order chi connectivity index (χ0) is 24.9. The molecule has 1 saturated heterocycles. The van der Waals surface area contributed by atoms with E-state index >= 15 is 0 Å². The number of aromatic nitrogens is 1. The van der Waals surface area contributed by atoms with Gasteiger partial charge < -0.3 is 16.0 Å². The summed E-state index contributed by atoms with van der Waals surface area (Å²) in [5.41, 5.74) is 8.43. The number of hydrogen-bond acceptors (Lipinski definition) is 7. The fourth-order valence-electron chi connectivity index (χ4n) is 4.52. The van der Waals surface area contributed by atoms with Gasteiger partial charge in [0.25, 0.3) is 5.91 Å². The van der Waals surface area contributed by atoms with Crippen LogP contribution in [0.4, 0.5) is 17.2 Å². The first-order valence-corrected chi connectivity index (χ1v) is 12.1. The number of carbonyl (C=O) groups is 2. The van der Waals surface area contributed by atoms with Crippen LogP contribution in [0.15, 0.2) is 84.1 Å². The molecule has 0 spiro atoms. The molecule has 3 aromatic rings. The molecular formula is C27H29N7O2. The van der Waals surface area contributed by atoms with E-state index < -0.39 is 11.9 Å². The van der Waals surface area contributed by atoms with Gasteiger partial charge in [-0.3, -0.25) is 19.5 Å². The van der Waals surface area contributed by atoms with Crippen molar-refractivity contribution in [3.05, 3.63) is 84.6 Å². The maximum atomic E-state index is 12.9. The Morgan fingerprint density at radius 3 is 2.31 bits per heavy atom. The summed E-state index contributed by atoms with van der Waals surface area (Å²) < 4.78 is 0. The number of carbonyl (C=O) groups excluding carboxylic acids is 2. The number of primary amides is 1. The number of piperazine rings is 1. The predicted octanol–water partition coefficient (Wildman–Crippen LogP) is 2.46. The van der Waals surface area contributed by atoms with E-state index in [1.54, 1.807) is 0 Å². The molecule has 36 heavy (non-hydrogen) atoms. The van der Waals surface area contributed by atoms with Crippen molar-refractivity contribution < 1.29 is 9.59 Å². The van der Waals surface area contributed by atoms with Gasteiger partial charge in [0.1, 0.15) is 17.6 Å². The fourth-order valence-corrected chi connectivity index (χ4v) is 4.52. The summed E-state index contributed by atoms with van der Waals surface area (Å²) in [5.74, 6) is 0.173. The van der Waals surface area contributed by atoms with Gasteiger partial charge in [-0.25, -0.2) is 4.98 Å². The molecule has 0 radical (unpaired) electrons. The van der Waals surface area contributed by atoms with Gasteiger partial charge in [-0.15, -0.1) is 0 Å². The number of nitrogens with zero attached hydrogens (tertiary/aromatic N) is 5. The van der Waals surface area contributed by atoms with Gasteiger partial charge >= 0.3 is 0 Å². The number of rotatable bonds is 7. The molecule has 0 aliphatic carbocycles. The molecule has 0 bridgehead atoms. The molecule has 9 heteroatoms. The number of benzene rings is 2. The van der Waals surface area contributed by atoms with Crippen LogP contribution < -0.4 is 21.0 Å². The highest BCUT2D eigenvalue weighted by atomic mass is 16.2. The summed E-state index contributed by atoms with van der Waals surface area (Å²) in [6, 6.07) is 22.4. The standard InChI is InChI=1S/C27H29N7O2/c28-26(35)24-18-23(31-34(24)22-6-2-1-3-7-22)27(36)30-21-11-9-20(10-12-21)19-32-14-16-33(17-15-32)25-8-4-5-13-29-25/h1-13,24H,14-19H2,(H2,28,35)(H,30,36)/t24-/m1/s1. The Kier molecular flexibility index (Phi) is 6.90. The lowest BCUT2D eigenvalue weighted by atomic mass is 10.1. The zero-order valence-electron chi connectivity index (χ0n) is 20.0. The van der Waals surface area contributed by atoms with Gasteiger partial charge in [0.05, 0.1) is 5.69 Å². The summed E-state index contributed by atoms with van der Waals surface area (Å²) >= 11 is 0. The van der Waals surface area contributed by atoms with E-state index in [0.717, 1.165) is 38.5 Å². The molecule has 0 unspecified atom stereocenters. The summed E-state index contributed by atoms with van der Waals surface area (Å²) in [4.78, 5) is 34.0. The molecule has 184 valence electrons. The van der Waals surface area contributed by atoms with Gasteiger partial charge in [0.2, 0.25) is 5.91 Å². The number of hydrogen-bond donors (Lipinski definition) is 2. The number of anilines is 3. The van der Waals surface area contributed by atoms with Crippen molar-refractivity contribution >= 4 is 34.7 Å². The normalized spacial score (nSPS) is 18.1. The lowest BCUT2D eigenvalue weighted by Crippen LogP contribution is -2.46. The highest BCUT2D eigenvalue weighted by molar-refractivity contribution is 6.44. The van der Waals surface area contributed by atoms with E-state index in [1.807, 2.05) is 79.0 Å². The molecule has 3 heterocycles. The number of para-hydroxylation sites is 1. The van der Waals surface area contributed by atoms with E-state index in [2.05, 4.69) is 25.2 Å². The average molecular weight is 484 g/mol. The Labute approximate surface area is 210 Å². The van der Waals surface area contributed by atoms with Crippen LogP contribution in [0, 0.1) is 0 Å². The quantitative estimate of drug-likeness (QED) is 0.535. The Balaban J connectivity index is 1.16. The molecule has 2 aliphatic rings. The van der Waals surface area contributed by atoms with Crippen LogP contribution in [0.2, 0.25) is 0 Å². The molecule has 2 aromatic carbocycles. The first kappa shape index (κ1) is 23.5. The van der Waals surface area contributed by atoms with E-state index in [4.69, 9.17) is 5.73 Å². The highest BCUT2D eigenvalue weighted by Gasteiger charge is 2.35. The summed E-state index contributed by atoms with van der Waals surface area (Å²) in [6.45, 7) is 4.67. The smallest absolute Gasteiger partial charge is 0.271 e. The molecule has 3 N–H and O–H groups in total. The number of amides is 2. The predicted molar refractivity (Wildman–Crippen MR) is 141 cm³/mol. The van der Waals surface area contributed by atoms with Crippen LogP contribution in [0.1, 0.15) is 12.0 Å². The van der Waals surface area contributed by atoms with Crippen LogP contribution in [-0.4, -0.2) is 59.6 Å². The minimum Gasteiger partial charge on any atom is -0.368 e. The van der Waals surface area contributed by atoms with Crippen LogP contribution >= 0.6 is 0 Å². The highest BCUT2D eigenvalue weighted by Crippen LogP contribution is 2.25. The Morgan fingerprint density at radius 1 is 0.917 bits per heavy atom. The molecule has 1 aromatic heterocycles. The van der Waals surface area contributed by atoms with Gasteiger partial charge in [-0.2, -0.15) is 5.10 Å². The summed E-state index contributed by atoms with van der Waals surface area (Å²) in [6.07, 6.45) is 2.00. The molecule has 2 aliphatic heterocycles. The van der Waals surface area contributed by atoms with Crippen molar-refractivity contribution in [3.8, 4) is 0 Å². The maximum absolute atomic E-state index is 12.9. The van der Waals surface area contributed by atoms with Crippen LogP contribution in [0.25, 0.3) is 0 Å². The molecule has 9 nitrogen and oxygen atoms in total. The first-order valence-electron chi connectivity index (χ1n) is 12.1. The SMILES string of the molecule is NC(=O)[C@H]1CC(C(=O)Nc2ccc(CN3CCN(c4ccccn4)CC3)cc2)=NN1c1ccccc1. The van der Waals surface area contributed by atoms with Gasteiger partial charge in [-0.05, 0) is 42.0 Å². The average Bonchev–Trinajstić information content (AvgIpc) is 3.38. The van der Waals surface area contributed by atoms with Crippen molar-refractivity contribution in [2.24, 2.45) is 10.8 Å². The van der Waals surface area contributed by atoms with Crippen molar-refractivity contribution in [2.75, 3.05) is 41.4 Å². The topological polar surface area (TPSA) is 107 Å². The number of pyridine rings is 1. The second-order valence-electron chi connectivity index (χ2n) is 8.95. The van der Waals surface area contributed by atoms with Crippen LogP contribution in [0.5, 0.6) is 0 Å². The molecule has 0 saturated carbocycles. The third-order valence-electron chi connectivity index (χ3n) is 6.49. The Bertz CT molecular complexity index is 1220. The van der Waals surface area contributed by atoms with E-state index in [-0.39, 0.29) is 18.0 Å². The van der Waals surface area contributed by atoms with Crippen molar-refractivity contribution in [1.29, 1.82) is 0 Å². The van der Waals surface area contributed by atoms with Crippen molar-refractivity contribution in [1.82, 2.24) is 9.88 Å². The summed E-state index contributed by atoms with van der Waals surface area (Å²) in [7, 11) is 0. The number of hydrazone groups is 1. The maximum Gasteiger partial charge on any atom is 0.271 e. The Morgan fingerprint density at radius 2 is 1.64 bits per heavy atom. The molecule has 5 rings (SSSR count). The third-order valence-corrected chi connectivity index (χ3v) is 6.49. The Hall–Kier alpha value is -4.24. The van der Waals surface area contributed by atoms with Gasteiger partial charge in [-0.1, -0.05) is 36.4 Å². The zero-order valence-corrected chi connectivity index (χ0v) is 20.0. The van der Waals surface area contributed by atoms with Gasteiger partial charge in [0.15, 0.2) is 0 Å². The molecule has 1 atom stereocenters. The summed E-state index contributed by atoms with van der Waals surface area (Å²) in [5, 5.41) is 8.82. The minimum absolute atomic E-state index is 0.165. The second-order valence-corrected chi connectivity index (χ2v) is 8.95. The molecular weight excluding hydrogens is 454 g/mol. The number of nitrogens with two attached hydrogens (primary N) is 1. The monoisotopic (exact) mass is 483 g/mol. The fraction of sp³-hybridized carbons (Fsp3) is 0.259. The van der Waals surface area contributed by atoms with Crippen LogP contribution in [0.3, 0.4) is 0 Å². The number of nitrogens with one attached hydrogen (secondary N) is 1. The molecule has 1 fully saturated rings. The van der Waals surface area contributed by atoms with Crippen LogP contribution in [-0.2, 0) is 16.1 Å². The third kappa shape index (κ3) is 5.36. The minimum atomic E-state index is -0.686. The lowest BCUT2D eigenvalue weighted by Gasteiger charge is -2.35. The second kappa shape index (κ2) is 10.6. The first-order chi connectivity index (χ1) is 17.6. The van der Waals surface area contributed by atoms with E-state index in [1.165, 1.54) is 10.6 Å². The van der Waals surface area contributed by atoms with E-state index in [0.29, 0.717) is 11.4 Å². The van der Waals surface area contributed by atoms with Crippen molar-refractivity contribution in [2.45, 2.75) is 19.0 Å². The molecule has 2 amide bonds. The van der Waals surface area contributed by atoms with Crippen molar-refractivity contribution in [3.63, 3.8) is 0 Å². The largest absolute Gasteiger partial charge is 0.368 e.